The number of nitrogens with zero attached hydrogens (tertiary/aromatic N) is 5. The van der Waals surface area contributed by atoms with E-state index in [-0.39, 0.29) is 5.82 Å². The predicted molar refractivity (Wildman–Crippen MR) is 111 cm³/mol. The van der Waals surface area contributed by atoms with Crippen molar-refractivity contribution in [2.24, 2.45) is 5.90 Å². The summed E-state index contributed by atoms with van der Waals surface area (Å²) in [4.78, 5) is 19.1. The number of likely N-dealkylation sites (N-methyl/N-ethyl adjacent to an activating group) is 1. The molecular weight excluding hydrogens is 450 g/mol. The Morgan fingerprint density at radius 3 is 2.53 bits per heavy atom. The molecule has 2 aromatic heterocycles. The zero-order chi connectivity index (χ0) is 24.1. The molecule has 2 unspecified atom stereocenters. The molecule has 182 valence electrons. The van der Waals surface area contributed by atoms with Crippen LogP contribution in [0.4, 0.5) is 5.82 Å². The molecule has 1 fully saturated rings. The molecule has 0 bridgehead atoms. The summed E-state index contributed by atoms with van der Waals surface area (Å²) in [6.45, 7) is 3.55. The van der Waals surface area contributed by atoms with Crippen molar-refractivity contribution in [1.29, 1.82) is 0 Å². The van der Waals surface area contributed by atoms with Gasteiger partial charge < -0.3 is 30.4 Å². The molecule has 2 aromatic rings. The molecule has 15 nitrogen and oxygen atoms in total. The molecule has 0 radical (unpaired) electrons. The van der Waals surface area contributed by atoms with Crippen LogP contribution in [-0.4, -0.2) is 97.2 Å². The second kappa shape index (κ2) is 11.2. The molecule has 8 N–H and O–H groups in total. The minimum Gasteiger partial charge on any atom is -0.387 e. The lowest BCUT2D eigenvalue weighted by Crippen LogP contribution is -2.38. The summed E-state index contributed by atoms with van der Waals surface area (Å²) >= 11 is 0. The summed E-state index contributed by atoms with van der Waals surface area (Å²) in [5.41, 5.74) is 6.77. The highest BCUT2D eigenvalue weighted by Gasteiger charge is 2.45. The molecule has 3 heterocycles. The molecule has 1 aliphatic heterocycles. The van der Waals surface area contributed by atoms with Crippen LogP contribution in [0.1, 0.15) is 24.9 Å². The van der Waals surface area contributed by atoms with Gasteiger partial charge in [-0.2, -0.15) is 8.42 Å². The summed E-state index contributed by atoms with van der Waals surface area (Å²) in [5.74, 6) is 5.85. The monoisotopic (exact) mass is 479 g/mol. The molecule has 3 rings (SSSR count). The first kappa shape index (κ1) is 26.2. The van der Waals surface area contributed by atoms with E-state index in [0.29, 0.717) is 30.1 Å². The van der Waals surface area contributed by atoms with Gasteiger partial charge in [0, 0.05) is 6.54 Å². The third kappa shape index (κ3) is 6.99. The SMILES string of the molecule is Cc1nc2c(N)ncnc2n1[C@@H]1O[C@H](CN(C)CCCCON)C(O)C1O.O=S(=O)(O)O. The van der Waals surface area contributed by atoms with Crippen LogP contribution < -0.4 is 11.6 Å². The Bertz CT molecular complexity index is 980. The number of aliphatic hydroxyl groups excluding tert-OH is 2. The predicted octanol–water partition coefficient (Wildman–Crippen LogP) is -1.71. The van der Waals surface area contributed by atoms with E-state index in [4.69, 9.17) is 33.9 Å². The second-order valence-electron chi connectivity index (χ2n) is 7.29. The van der Waals surface area contributed by atoms with Crippen molar-refractivity contribution in [3.8, 4) is 0 Å². The van der Waals surface area contributed by atoms with Crippen molar-refractivity contribution in [2.45, 2.75) is 44.3 Å². The number of imidazole rings is 1. The van der Waals surface area contributed by atoms with Crippen molar-refractivity contribution in [2.75, 3.05) is 32.5 Å². The van der Waals surface area contributed by atoms with Crippen LogP contribution in [0.2, 0.25) is 0 Å². The minimum atomic E-state index is -4.67. The van der Waals surface area contributed by atoms with Gasteiger partial charge in [-0.25, -0.2) is 20.8 Å². The maximum Gasteiger partial charge on any atom is 0.394 e. The van der Waals surface area contributed by atoms with Crippen LogP contribution in [0.15, 0.2) is 6.33 Å². The van der Waals surface area contributed by atoms with Gasteiger partial charge in [-0.1, -0.05) is 0 Å². The van der Waals surface area contributed by atoms with Crippen molar-refractivity contribution in [3.63, 3.8) is 0 Å². The molecule has 0 amide bonds. The summed E-state index contributed by atoms with van der Waals surface area (Å²) in [6.07, 6.45) is -0.392. The van der Waals surface area contributed by atoms with E-state index in [0.717, 1.165) is 19.4 Å². The van der Waals surface area contributed by atoms with E-state index in [1.54, 1.807) is 11.5 Å². The van der Waals surface area contributed by atoms with Crippen LogP contribution >= 0.6 is 0 Å². The van der Waals surface area contributed by atoms with Crippen LogP contribution in [0.5, 0.6) is 0 Å². The first-order valence-corrected chi connectivity index (χ1v) is 11.0. The number of aliphatic hydroxyl groups is 2. The number of aromatic nitrogens is 4. The smallest absolute Gasteiger partial charge is 0.387 e. The van der Waals surface area contributed by atoms with Gasteiger partial charge in [-0.15, -0.1) is 0 Å². The lowest BCUT2D eigenvalue weighted by Gasteiger charge is -2.22. The van der Waals surface area contributed by atoms with Crippen molar-refractivity contribution < 1.29 is 37.3 Å². The van der Waals surface area contributed by atoms with Crippen LogP contribution in [0.25, 0.3) is 11.2 Å². The fourth-order valence-electron chi connectivity index (χ4n) is 3.40. The Labute approximate surface area is 184 Å². The number of hydrogen-bond donors (Lipinski definition) is 6. The number of nitrogens with two attached hydrogens (primary N) is 2. The average molecular weight is 480 g/mol. The zero-order valence-electron chi connectivity index (χ0n) is 17.6. The molecule has 4 atom stereocenters. The van der Waals surface area contributed by atoms with E-state index in [1.807, 2.05) is 11.9 Å². The van der Waals surface area contributed by atoms with Gasteiger partial charge in [0.25, 0.3) is 0 Å². The summed E-state index contributed by atoms with van der Waals surface area (Å²) in [5, 5.41) is 21.0. The van der Waals surface area contributed by atoms with Crippen molar-refractivity contribution in [3.05, 3.63) is 12.2 Å². The van der Waals surface area contributed by atoms with Gasteiger partial charge in [-0.05, 0) is 33.4 Å². The van der Waals surface area contributed by atoms with Gasteiger partial charge in [-0.3, -0.25) is 13.7 Å². The quantitative estimate of drug-likeness (QED) is 0.140. The molecule has 32 heavy (non-hydrogen) atoms. The van der Waals surface area contributed by atoms with Crippen molar-refractivity contribution >= 4 is 27.4 Å². The molecule has 16 heteroatoms. The van der Waals surface area contributed by atoms with E-state index < -0.39 is 34.9 Å². The number of rotatable bonds is 8. The average Bonchev–Trinajstić information content (AvgIpc) is 3.16. The Morgan fingerprint density at radius 2 is 1.91 bits per heavy atom. The summed E-state index contributed by atoms with van der Waals surface area (Å²) < 4.78 is 39.2. The van der Waals surface area contributed by atoms with Crippen molar-refractivity contribution in [1.82, 2.24) is 24.4 Å². The molecule has 0 aromatic carbocycles. The van der Waals surface area contributed by atoms with Crippen LogP contribution in [-0.2, 0) is 20.0 Å². The van der Waals surface area contributed by atoms with E-state index in [1.165, 1.54) is 6.33 Å². The highest BCUT2D eigenvalue weighted by atomic mass is 32.3. The third-order valence-electron chi connectivity index (χ3n) is 4.82. The van der Waals surface area contributed by atoms with Crippen LogP contribution in [0, 0.1) is 6.92 Å². The lowest BCUT2D eigenvalue weighted by atomic mass is 10.1. The van der Waals surface area contributed by atoms with Gasteiger partial charge in [0.1, 0.15) is 30.5 Å². The number of aryl methyl sites for hydroxylation is 1. The second-order valence-corrected chi connectivity index (χ2v) is 8.19. The number of ether oxygens (including phenoxy) is 1. The highest BCUT2D eigenvalue weighted by molar-refractivity contribution is 7.79. The molecule has 0 aliphatic carbocycles. The summed E-state index contributed by atoms with van der Waals surface area (Å²) in [7, 11) is -2.73. The van der Waals surface area contributed by atoms with Gasteiger partial charge >= 0.3 is 10.4 Å². The van der Waals surface area contributed by atoms with Gasteiger partial charge in [0.15, 0.2) is 23.2 Å². The normalized spacial score (nSPS) is 23.5. The Hall–Kier alpha value is -2.02. The zero-order valence-corrected chi connectivity index (χ0v) is 18.5. The fourth-order valence-corrected chi connectivity index (χ4v) is 3.40. The van der Waals surface area contributed by atoms with E-state index in [2.05, 4.69) is 19.8 Å². The molecule has 1 aliphatic rings. The van der Waals surface area contributed by atoms with E-state index in [9.17, 15) is 10.2 Å². The standard InChI is InChI=1S/C16H27N7O4.H2O4S/c1-9-21-11-14(17)19-8-20-15(11)23(9)16-13(25)12(24)10(27-16)7-22(2)5-3-4-6-26-18;1-5(2,3)4/h8,10,12-13,16,24-25H,3-7,18H2,1-2H3,(H2,17,19,20);(H2,1,2,3,4)/t10-,12?,13?,16-;/m1./s1. The largest absolute Gasteiger partial charge is 0.394 e. The Kier molecular flexibility index (Phi) is 9.19. The molecular formula is C16H29N7O8S. The minimum absolute atomic E-state index is 0.257. The number of anilines is 1. The molecule has 0 spiro atoms. The molecule has 0 saturated carbocycles. The highest BCUT2D eigenvalue weighted by Crippen LogP contribution is 2.33. The maximum atomic E-state index is 10.6. The number of fused-ring (bicyclic) bond motifs is 1. The Morgan fingerprint density at radius 1 is 1.25 bits per heavy atom. The molecule has 1 saturated heterocycles. The summed E-state index contributed by atoms with van der Waals surface area (Å²) in [6, 6.07) is 0. The Balaban J connectivity index is 0.000000654. The third-order valence-corrected chi connectivity index (χ3v) is 4.82. The maximum absolute atomic E-state index is 10.6. The van der Waals surface area contributed by atoms with Gasteiger partial charge in [0.2, 0.25) is 0 Å². The fraction of sp³-hybridized carbons (Fsp3) is 0.688. The van der Waals surface area contributed by atoms with Gasteiger partial charge in [0.05, 0.1) is 6.61 Å². The number of hydrogen-bond acceptors (Lipinski definition) is 12. The number of nitrogen functional groups attached to an aromatic ring is 1. The number of unbranched alkanes of at least 4 members (excludes halogenated alkanes) is 1. The first-order chi connectivity index (χ1) is 14.9. The van der Waals surface area contributed by atoms with Crippen LogP contribution in [0.3, 0.4) is 0 Å². The van der Waals surface area contributed by atoms with E-state index >= 15 is 0 Å². The lowest BCUT2D eigenvalue weighted by molar-refractivity contribution is -0.0432. The first-order valence-electron chi connectivity index (χ1n) is 9.60. The topological polar surface area (TPSA) is 232 Å².